The third kappa shape index (κ3) is 2.75. The standard InChI is InChI=1S/C19H16O2/c20-16-11-12-18(21)17(13-16)19(14-7-3-1-4-8-14)15-9-5-2-6-10-15/h1-13,19-21H. The van der Waals surface area contributed by atoms with Crippen molar-refractivity contribution in [3.8, 4) is 11.5 Å². The molecule has 3 rings (SSSR count). The van der Waals surface area contributed by atoms with Gasteiger partial charge in [-0.05, 0) is 29.3 Å². The molecule has 0 aliphatic carbocycles. The topological polar surface area (TPSA) is 40.5 Å². The van der Waals surface area contributed by atoms with Crippen LogP contribution < -0.4 is 0 Å². The first kappa shape index (κ1) is 13.3. The van der Waals surface area contributed by atoms with Crippen molar-refractivity contribution >= 4 is 0 Å². The van der Waals surface area contributed by atoms with Gasteiger partial charge >= 0.3 is 0 Å². The fourth-order valence-corrected chi connectivity index (χ4v) is 2.62. The predicted octanol–water partition coefficient (Wildman–Crippen LogP) is 4.28. The van der Waals surface area contributed by atoms with Crippen molar-refractivity contribution in [1.82, 2.24) is 0 Å². The van der Waals surface area contributed by atoms with Crippen LogP contribution in [0.4, 0.5) is 0 Å². The van der Waals surface area contributed by atoms with E-state index in [2.05, 4.69) is 0 Å². The van der Waals surface area contributed by atoms with E-state index in [0.29, 0.717) is 5.56 Å². The van der Waals surface area contributed by atoms with Gasteiger partial charge < -0.3 is 10.2 Å². The van der Waals surface area contributed by atoms with Crippen LogP contribution in [0.15, 0.2) is 78.9 Å². The largest absolute Gasteiger partial charge is 0.508 e. The second-order valence-electron chi connectivity index (χ2n) is 5.00. The van der Waals surface area contributed by atoms with E-state index < -0.39 is 0 Å². The van der Waals surface area contributed by atoms with E-state index in [4.69, 9.17) is 0 Å². The maximum Gasteiger partial charge on any atom is 0.120 e. The third-order valence-corrected chi connectivity index (χ3v) is 3.59. The summed E-state index contributed by atoms with van der Waals surface area (Å²) in [5, 5.41) is 20.0. The average molecular weight is 276 g/mol. The minimum atomic E-state index is -0.112. The van der Waals surface area contributed by atoms with Gasteiger partial charge in [0.1, 0.15) is 11.5 Å². The summed E-state index contributed by atoms with van der Waals surface area (Å²) in [7, 11) is 0. The summed E-state index contributed by atoms with van der Waals surface area (Å²) in [5.74, 6) is 0.227. The summed E-state index contributed by atoms with van der Waals surface area (Å²) in [6, 6.07) is 24.6. The molecule has 3 aromatic rings. The van der Waals surface area contributed by atoms with Gasteiger partial charge in [0.2, 0.25) is 0 Å². The van der Waals surface area contributed by atoms with Crippen LogP contribution in [-0.2, 0) is 0 Å². The first-order valence-electron chi connectivity index (χ1n) is 6.87. The van der Waals surface area contributed by atoms with Gasteiger partial charge in [0.05, 0.1) is 0 Å². The van der Waals surface area contributed by atoms with Crippen molar-refractivity contribution in [1.29, 1.82) is 0 Å². The minimum Gasteiger partial charge on any atom is -0.508 e. The fourth-order valence-electron chi connectivity index (χ4n) is 2.62. The molecule has 2 heteroatoms. The number of rotatable bonds is 3. The Bertz CT molecular complexity index is 682. The van der Waals surface area contributed by atoms with Crippen molar-refractivity contribution < 1.29 is 10.2 Å². The minimum absolute atomic E-state index is 0.112. The molecule has 0 fully saturated rings. The number of aromatic hydroxyl groups is 2. The van der Waals surface area contributed by atoms with Gasteiger partial charge in [0.15, 0.2) is 0 Å². The Labute approximate surface area is 123 Å². The molecule has 21 heavy (non-hydrogen) atoms. The van der Waals surface area contributed by atoms with Gasteiger partial charge in [-0.25, -0.2) is 0 Å². The van der Waals surface area contributed by atoms with Crippen LogP contribution in [0, 0.1) is 0 Å². The summed E-state index contributed by atoms with van der Waals surface area (Å²) in [5.41, 5.74) is 2.85. The van der Waals surface area contributed by atoms with E-state index in [1.807, 2.05) is 60.7 Å². The normalized spacial score (nSPS) is 10.7. The molecular formula is C19H16O2. The maximum absolute atomic E-state index is 10.2. The molecule has 0 saturated carbocycles. The lowest BCUT2D eigenvalue weighted by atomic mass is 9.84. The molecule has 3 aromatic carbocycles. The van der Waals surface area contributed by atoms with Crippen LogP contribution in [0.5, 0.6) is 11.5 Å². The van der Waals surface area contributed by atoms with Crippen molar-refractivity contribution in [3.63, 3.8) is 0 Å². The lowest BCUT2D eigenvalue weighted by Gasteiger charge is -2.20. The average Bonchev–Trinajstić information content (AvgIpc) is 2.53. The van der Waals surface area contributed by atoms with E-state index in [1.165, 1.54) is 12.1 Å². The fraction of sp³-hybridized carbons (Fsp3) is 0.0526. The molecule has 0 amide bonds. The summed E-state index contributed by atoms with van der Waals surface area (Å²) in [6.45, 7) is 0. The Morgan fingerprint density at radius 2 is 1.14 bits per heavy atom. The van der Waals surface area contributed by atoms with Crippen molar-refractivity contribution in [2.45, 2.75) is 5.92 Å². The number of phenolic OH excluding ortho intramolecular Hbond substituents is 2. The lowest BCUT2D eigenvalue weighted by Crippen LogP contribution is -2.03. The predicted molar refractivity (Wildman–Crippen MR) is 83.6 cm³/mol. The monoisotopic (exact) mass is 276 g/mol. The summed E-state index contributed by atoms with van der Waals surface area (Å²) < 4.78 is 0. The molecule has 0 aromatic heterocycles. The van der Waals surface area contributed by atoms with Gasteiger partial charge in [-0.3, -0.25) is 0 Å². The van der Waals surface area contributed by atoms with E-state index in [1.54, 1.807) is 6.07 Å². The molecule has 2 nitrogen and oxygen atoms in total. The number of hydrogen-bond donors (Lipinski definition) is 2. The van der Waals surface area contributed by atoms with Crippen LogP contribution in [0.3, 0.4) is 0 Å². The Morgan fingerprint density at radius 1 is 0.619 bits per heavy atom. The maximum atomic E-state index is 10.2. The highest BCUT2D eigenvalue weighted by molar-refractivity contribution is 5.50. The molecule has 0 aliphatic heterocycles. The quantitative estimate of drug-likeness (QED) is 0.554. The number of phenols is 2. The Kier molecular flexibility index (Phi) is 3.61. The highest BCUT2D eigenvalue weighted by Gasteiger charge is 2.20. The lowest BCUT2D eigenvalue weighted by molar-refractivity contribution is 0.453. The van der Waals surface area contributed by atoms with E-state index in [0.717, 1.165) is 11.1 Å². The number of benzene rings is 3. The van der Waals surface area contributed by atoms with Crippen molar-refractivity contribution in [2.24, 2.45) is 0 Å². The molecule has 104 valence electrons. The SMILES string of the molecule is Oc1ccc(O)c(C(c2ccccc2)c2ccccc2)c1. The van der Waals surface area contributed by atoms with Crippen LogP contribution in [0.25, 0.3) is 0 Å². The Hall–Kier alpha value is -2.74. The second kappa shape index (κ2) is 5.71. The summed E-state index contributed by atoms with van der Waals surface area (Å²) >= 11 is 0. The second-order valence-corrected chi connectivity index (χ2v) is 5.00. The molecule has 0 saturated heterocycles. The Morgan fingerprint density at radius 3 is 1.67 bits per heavy atom. The first-order chi connectivity index (χ1) is 10.3. The molecule has 0 unspecified atom stereocenters. The van der Waals surface area contributed by atoms with Gasteiger partial charge in [0, 0.05) is 11.5 Å². The molecular weight excluding hydrogens is 260 g/mol. The van der Waals surface area contributed by atoms with E-state index in [-0.39, 0.29) is 17.4 Å². The van der Waals surface area contributed by atoms with E-state index in [9.17, 15) is 10.2 Å². The summed E-state index contributed by atoms with van der Waals surface area (Å²) in [4.78, 5) is 0. The van der Waals surface area contributed by atoms with Gasteiger partial charge in [-0.1, -0.05) is 60.7 Å². The zero-order chi connectivity index (χ0) is 14.7. The molecule has 0 heterocycles. The zero-order valence-corrected chi connectivity index (χ0v) is 11.5. The molecule has 0 bridgehead atoms. The Balaban J connectivity index is 2.20. The highest BCUT2D eigenvalue weighted by Crippen LogP contribution is 2.38. The molecule has 0 spiro atoms. The van der Waals surface area contributed by atoms with Crippen LogP contribution in [0.1, 0.15) is 22.6 Å². The van der Waals surface area contributed by atoms with Crippen molar-refractivity contribution in [2.75, 3.05) is 0 Å². The molecule has 2 N–H and O–H groups in total. The first-order valence-corrected chi connectivity index (χ1v) is 6.87. The molecule has 0 atom stereocenters. The van der Waals surface area contributed by atoms with Crippen molar-refractivity contribution in [3.05, 3.63) is 95.6 Å². The highest BCUT2D eigenvalue weighted by atomic mass is 16.3. The van der Waals surface area contributed by atoms with Crippen LogP contribution >= 0.6 is 0 Å². The number of hydrogen-bond acceptors (Lipinski definition) is 2. The van der Waals surface area contributed by atoms with E-state index >= 15 is 0 Å². The van der Waals surface area contributed by atoms with Gasteiger partial charge in [-0.15, -0.1) is 0 Å². The zero-order valence-electron chi connectivity index (χ0n) is 11.5. The van der Waals surface area contributed by atoms with Crippen LogP contribution in [-0.4, -0.2) is 10.2 Å². The van der Waals surface area contributed by atoms with Gasteiger partial charge in [-0.2, -0.15) is 0 Å². The molecule has 0 radical (unpaired) electrons. The van der Waals surface area contributed by atoms with Crippen LogP contribution in [0.2, 0.25) is 0 Å². The summed E-state index contributed by atoms with van der Waals surface area (Å²) in [6.07, 6.45) is 0. The third-order valence-electron chi connectivity index (χ3n) is 3.59. The smallest absolute Gasteiger partial charge is 0.120 e. The molecule has 0 aliphatic rings. The van der Waals surface area contributed by atoms with Gasteiger partial charge in [0.25, 0.3) is 0 Å².